The van der Waals surface area contributed by atoms with Gasteiger partial charge in [0.2, 0.25) is 5.13 Å². The monoisotopic (exact) mass is 514 g/mol. The Morgan fingerprint density at radius 2 is 2.03 bits per heavy atom. The van der Waals surface area contributed by atoms with Crippen molar-refractivity contribution in [2.75, 3.05) is 19.0 Å². The van der Waals surface area contributed by atoms with Crippen LogP contribution in [0.5, 0.6) is 10.9 Å². The Morgan fingerprint density at radius 3 is 2.72 bits per heavy atom. The number of Topliss-reactive ketones (excluding diaryl/α,β-unsaturated/α-hetero) is 1. The zero-order valence-corrected chi connectivity index (χ0v) is 20.9. The van der Waals surface area contributed by atoms with Crippen LogP contribution in [0, 0.1) is 12.7 Å². The van der Waals surface area contributed by atoms with Crippen molar-refractivity contribution in [2.24, 2.45) is 0 Å². The minimum atomic E-state index is -0.581. The summed E-state index contributed by atoms with van der Waals surface area (Å²) < 4.78 is 39.4. The summed E-state index contributed by atoms with van der Waals surface area (Å²) >= 11 is 0.944. The standard InChI is InChI=1S/C25H24F2N4O4S/c1-5-16(15(3)32)12-17(26)9-10-35-25-31-30-24(36-25)29-23(33)19-13-28-14(2)11-18(19)22-20(27)7-6-8-21(22)34-4/h5-8,11-13H,9-10H2,1-4H3,(H,29,30,33)/b16-5+,17-12+. The average molecular weight is 515 g/mol. The molecule has 2 heterocycles. The van der Waals surface area contributed by atoms with Gasteiger partial charge in [-0.15, -0.1) is 5.10 Å². The molecule has 8 nitrogen and oxygen atoms in total. The first-order valence-corrected chi connectivity index (χ1v) is 11.7. The zero-order valence-electron chi connectivity index (χ0n) is 20.1. The number of aromatic nitrogens is 3. The van der Waals surface area contributed by atoms with Gasteiger partial charge in [-0.05, 0) is 56.4 Å². The number of benzene rings is 1. The zero-order chi connectivity index (χ0) is 26.2. The minimum Gasteiger partial charge on any atom is -0.496 e. The van der Waals surface area contributed by atoms with Crippen molar-refractivity contribution in [1.29, 1.82) is 0 Å². The van der Waals surface area contributed by atoms with Crippen LogP contribution in [0.3, 0.4) is 0 Å². The highest BCUT2D eigenvalue weighted by Gasteiger charge is 2.21. The SMILES string of the molecule is C/C=C(\C=C(\F)CCOc1nnc(NC(=O)c2cnc(C)cc2-c2c(F)cccc2OC)s1)C(C)=O. The van der Waals surface area contributed by atoms with E-state index in [9.17, 15) is 18.4 Å². The lowest BCUT2D eigenvalue weighted by Gasteiger charge is -2.14. The molecule has 0 saturated carbocycles. The molecular formula is C25H24F2N4O4S. The van der Waals surface area contributed by atoms with Crippen LogP contribution in [0.1, 0.15) is 36.3 Å². The first-order valence-electron chi connectivity index (χ1n) is 10.8. The summed E-state index contributed by atoms with van der Waals surface area (Å²) in [4.78, 5) is 28.6. The van der Waals surface area contributed by atoms with Gasteiger partial charge in [0, 0.05) is 29.4 Å². The van der Waals surface area contributed by atoms with Crippen LogP contribution in [0.2, 0.25) is 0 Å². The topological polar surface area (TPSA) is 103 Å². The van der Waals surface area contributed by atoms with E-state index in [0.29, 0.717) is 11.3 Å². The van der Waals surface area contributed by atoms with Gasteiger partial charge in [-0.2, -0.15) is 0 Å². The van der Waals surface area contributed by atoms with Gasteiger partial charge in [-0.25, -0.2) is 8.78 Å². The second-order valence-electron chi connectivity index (χ2n) is 7.51. The predicted octanol–water partition coefficient (Wildman–Crippen LogP) is 5.47. The number of nitrogens with one attached hydrogen (secondary N) is 1. The summed E-state index contributed by atoms with van der Waals surface area (Å²) in [5, 5.41) is 10.5. The van der Waals surface area contributed by atoms with E-state index in [1.807, 2.05) is 0 Å². The molecule has 3 aromatic rings. The lowest BCUT2D eigenvalue weighted by Crippen LogP contribution is -2.14. The molecule has 0 aliphatic heterocycles. The first kappa shape index (κ1) is 26.6. The van der Waals surface area contributed by atoms with E-state index in [-0.39, 0.29) is 51.6 Å². The number of methoxy groups -OCH3 is 1. The van der Waals surface area contributed by atoms with Crippen molar-refractivity contribution in [3.05, 3.63) is 71.1 Å². The summed E-state index contributed by atoms with van der Waals surface area (Å²) in [6.07, 6.45) is 3.96. The third kappa shape index (κ3) is 6.57. The third-order valence-electron chi connectivity index (χ3n) is 4.97. The average Bonchev–Trinajstić information content (AvgIpc) is 3.28. The van der Waals surface area contributed by atoms with Crippen molar-refractivity contribution in [3.8, 4) is 22.1 Å². The molecule has 0 spiro atoms. The summed E-state index contributed by atoms with van der Waals surface area (Å²) in [6, 6.07) is 5.99. The number of anilines is 1. The van der Waals surface area contributed by atoms with E-state index in [4.69, 9.17) is 9.47 Å². The van der Waals surface area contributed by atoms with Crippen LogP contribution in [0.25, 0.3) is 11.1 Å². The smallest absolute Gasteiger partial charge is 0.295 e. The molecule has 0 aliphatic rings. The van der Waals surface area contributed by atoms with E-state index in [0.717, 1.165) is 17.4 Å². The molecule has 188 valence electrons. The second kappa shape index (κ2) is 12.1. The van der Waals surface area contributed by atoms with Crippen LogP contribution in [0.15, 0.2) is 54.0 Å². The number of rotatable bonds is 10. The highest BCUT2D eigenvalue weighted by atomic mass is 32.1. The number of pyridine rings is 1. The van der Waals surface area contributed by atoms with Crippen molar-refractivity contribution in [2.45, 2.75) is 27.2 Å². The number of nitrogens with zero attached hydrogens (tertiary/aromatic N) is 3. The molecule has 1 amide bonds. The van der Waals surface area contributed by atoms with Gasteiger partial charge in [0.05, 0.1) is 24.8 Å². The normalized spacial score (nSPS) is 11.8. The van der Waals surface area contributed by atoms with Crippen LogP contribution in [0.4, 0.5) is 13.9 Å². The maximum Gasteiger partial charge on any atom is 0.295 e. The van der Waals surface area contributed by atoms with Gasteiger partial charge in [0.25, 0.3) is 11.1 Å². The van der Waals surface area contributed by atoms with Crippen LogP contribution in [-0.2, 0) is 4.79 Å². The maximum atomic E-state index is 14.7. The molecule has 0 aliphatic carbocycles. The fourth-order valence-corrected chi connectivity index (χ4v) is 3.85. The van der Waals surface area contributed by atoms with Crippen molar-refractivity contribution >= 4 is 28.2 Å². The Bertz CT molecular complexity index is 1340. The fraction of sp³-hybridized carbons (Fsp3) is 0.240. The molecule has 11 heteroatoms. The molecule has 0 saturated heterocycles. The van der Waals surface area contributed by atoms with E-state index < -0.39 is 17.6 Å². The highest BCUT2D eigenvalue weighted by Crippen LogP contribution is 2.35. The van der Waals surface area contributed by atoms with E-state index in [1.54, 1.807) is 26.0 Å². The van der Waals surface area contributed by atoms with E-state index in [1.165, 1.54) is 38.4 Å². The number of halogens is 2. The van der Waals surface area contributed by atoms with Gasteiger partial charge < -0.3 is 9.47 Å². The summed E-state index contributed by atoms with van der Waals surface area (Å²) in [5.41, 5.74) is 1.41. The quantitative estimate of drug-likeness (QED) is 0.283. The number of aryl methyl sites for hydroxylation is 1. The van der Waals surface area contributed by atoms with Gasteiger partial charge in [0.15, 0.2) is 5.78 Å². The number of carbonyl (C=O) groups excluding carboxylic acids is 2. The minimum absolute atomic E-state index is 0.0427. The Labute approximate surface area is 210 Å². The molecule has 0 unspecified atom stereocenters. The van der Waals surface area contributed by atoms with E-state index in [2.05, 4.69) is 20.5 Å². The maximum absolute atomic E-state index is 14.7. The largest absolute Gasteiger partial charge is 0.496 e. The first-order chi connectivity index (χ1) is 17.2. The molecule has 0 radical (unpaired) electrons. The Hall–Kier alpha value is -3.99. The Morgan fingerprint density at radius 1 is 1.25 bits per heavy atom. The molecule has 36 heavy (non-hydrogen) atoms. The lowest BCUT2D eigenvalue weighted by molar-refractivity contribution is -0.113. The third-order valence-corrected chi connectivity index (χ3v) is 5.72. The van der Waals surface area contributed by atoms with E-state index >= 15 is 0 Å². The van der Waals surface area contributed by atoms with Gasteiger partial charge in [-0.3, -0.25) is 19.9 Å². The number of hydrogen-bond donors (Lipinski definition) is 1. The highest BCUT2D eigenvalue weighted by molar-refractivity contribution is 7.17. The van der Waals surface area contributed by atoms with Crippen LogP contribution < -0.4 is 14.8 Å². The summed E-state index contributed by atoms with van der Waals surface area (Å²) in [6.45, 7) is 4.69. The number of ketones is 1. The number of allylic oxidation sites excluding steroid dienone is 3. The number of amides is 1. The Kier molecular flexibility index (Phi) is 8.96. The molecule has 1 N–H and O–H groups in total. The molecule has 0 atom stereocenters. The molecule has 3 rings (SSSR count). The van der Waals surface area contributed by atoms with Crippen LogP contribution >= 0.6 is 11.3 Å². The molecule has 0 bridgehead atoms. The van der Waals surface area contributed by atoms with Gasteiger partial charge >= 0.3 is 0 Å². The number of hydrogen-bond acceptors (Lipinski definition) is 8. The van der Waals surface area contributed by atoms with Crippen molar-refractivity contribution < 1.29 is 27.8 Å². The molecular weight excluding hydrogens is 490 g/mol. The van der Waals surface area contributed by atoms with Crippen LogP contribution in [-0.4, -0.2) is 40.6 Å². The molecule has 2 aromatic heterocycles. The van der Waals surface area contributed by atoms with Crippen molar-refractivity contribution in [3.63, 3.8) is 0 Å². The number of ether oxygens (including phenoxy) is 2. The second-order valence-corrected chi connectivity index (χ2v) is 8.45. The molecule has 0 fully saturated rings. The fourth-order valence-electron chi connectivity index (χ4n) is 3.23. The van der Waals surface area contributed by atoms with Gasteiger partial charge in [-0.1, -0.05) is 17.2 Å². The Balaban J connectivity index is 1.72. The summed E-state index contributed by atoms with van der Waals surface area (Å²) in [5.74, 6) is -1.61. The summed E-state index contributed by atoms with van der Waals surface area (Å²) in [7, 11) is 1.42. The van der Waals surface area contributed by atoms with Crippen molar-refractivity contribution in [1.82, 2.24) is 15.2 Å². The molecule has 1 aromatic carbocycles. The number of carbonyl (C=O) groups is 2. The van der Waals surface area contributed by atoms with Gasteiger partial charge in [0.1, 0.15) is 17.4 Å². The predicted molar refractivity (Wildman–Crippen MR) is 133 cm³/mol. The lowest BCUT2D eigenvalue weighted by atomic mass is 9.98.